The average molecular weight is 325 g/mol. The van der Waals surface area contributed by atoms with Crippen molar-refractivity contribution in [2.24, 2.45) is 10.8 Å². The Bertz CT molecular complexity index is 570. The van der Waals surface area contributed by atoms with Crippen LogP contribution in [0.5, 0.6) is 0 Å². The van der Waals surface area contributed by atoms with E-state index in [1.165, 1.54) is 0 Å². The van der Waals surface area contributed by atoms with Crippen LogP contribution in [-0.2, 0) is 0 Å². The Labute approximate surface area is 119 Å². The van der Waals surface area contributed by atoms with Gasteiger partial charge in [0.1, 0.15) is 5.84 Å². The van der Waals surface area contributed by atoms with Gasteiger partial charge in [-0.15, -0.1) is 0 Å². The van der Waals surface area contributed by atoms with Gasteiger partial charge in [0.25, 0.3) is 0 Å². The van der Waals surface area contributed by atoms with Gasteiger partial charge in [-0.25, -0.2) is 10.8 Å². The molecule has 0 aliphatic carbocycles. The summed E-state index contributed by atoms with van der Waals surface area (Å²) < 4.78 is 0.803. The second-order valence-corrected chi connectivity index (χ2v) is 4.77. The van der Waals surface area contributed by atoms with E-state index in [1.54, 1.807) is 0 Å². The predicted octanol–water partition coefficient (Wildman–Crippen LogP) is 3.64. The molecule has 0 aliphatic rings. The number of hydrazine groups is 1. The number of amidine groups is 1. The zero-order valence-electron chi connectivity index (χ0n) is 9.40. The van der Waals surface area contributed by atoms with Crippen molar-refractivity contribution in [3.05, 3.63) is 63.6 Å². The largest absolute Gasteiger partial charge is 0.308 e. The lowest BCUT2D eigenvalue weighted by Crippen LogP contribution is -2.31. The molecule has 0 radical (unpaired) electrons. The standard InChI is InChI=1S/C13H11BrClN3/c14-11-8-4-7-10(12(11)15)13(18-16)17-9-5-2-1-3-6-9/h1-8H,16H2,(H,17,18). The number of aliphatic imine (C=N–C) groups is 1. The van der Waals surface area contributed by atoms with Crippen molar-refractivity contribution in [2.75, 3.05) is 0 Å². The van der Waals surface area contributed by atoms with Crippen molar-refractivity contribution in [3.63, 3.8) is 0 Å². The molecule has 0 saturated carbocycles. The molecule has 0 heterocycles. The van der Waals surface area contributed by atoms with E-state index in [2.05, 4.69) is 26.3 Å². The third kappa shape index (κ3) is 2.90. The van der Waals surface area contributed by atoms with E-state index in [4.69, 9.17) is 17.4 Å². The van der Waals surface area contributed by atoms with Crippen LogP contribution in [-0.4, -0.2) is 5.84 Å². The first-order valence-electron chi connectivity index (χ1n) is 5.27. The highest BCUT2D eigenvalue weighted by Gasteiger charge is 2.09. The normalized spacial score (nSPS) is 11.4. The number of nitrogens with two attached hydrogens (primary N) is 1. The highest BCUT2D eigenvalue weighted by Crippen LogP contribution is 2.26. The van der Waals surface area contributed by atoms with Crippen LogP contribution in [0.25, 0.3) is 0 Å². The van der Waals surface area contributed by atoms with Gasteiger partial charge in [-0.05, 0) is 40.2 Å². The third-order valence-corrected chi connectivity index (χ3v) is 3.64. The Morgan fingerprint density at radius 2 is 1.83 bits per heavy atom. The van der Waals surface area contributed by atoms with Crippen LogP contribution in [0.4, 0.5) is 5.69 Å². The Kier molecular flexibility index (Phi) is 4.36. The summed E-state index contributed by atoms with van der Waals surface area (Å²) in [5.74, 6) is 6.04. The van der Waals surface area contributed by atoms with E-state index in [0.29, 0.717) is 10.9 Å². The van der Waals surface area contributed by atoms with Crippen LogP contribution in [0, 0.1) is 0 Å². The zero-order chi connectivity index (χ0) is 13.0. The third-order valence-electron chi connectivity index (χ3n) is 2.34. The van der Waals surface area contributed by atoms with E-state index in [-0.39, 0.29) is 0 Å². The molecule has 5 heteroatoms. The lowest BCUT2D eigenvalue weighted by atomic mass is 10.2. The summed E-state index contributed by atoms with van der Waals surface area (Å²) in [6.45, 7) is 0. The maximum absolute atomic E-state index is 6.21. The molecular formula is C13H11BrClN3. The molecule has 3 nitrogen and oxygen atoms in total. The van der Waals surface area contributed by atoms with E-state index in [0.717, 1.165) is 15.7 Å². The molecule has 92 valence electrons. The maximum Gasteiger partial charge on any atom is 0.149 e. The summed E-state index contributed by atoms with van der Waals surface area (Å²) in [6, 6.07) is 15.1. The molecule has 0 spiro atoms. The number of rotatable bonds is 2. The minimum absolute atomic E-state index is 0.521. The molecule has 0 amide bonds. The van der Waals surface area contributed by atoms with Crippen molar-refractivity contribution in [2.45, 2.75) is 0 Å². The van der Waals surface area contributed by atoms with E-state index in [1.807, 2.05) is 48.5 Å². The molecule has 0 saturated heterocycles. The van der Waals surface area contributed by atoms with Crippen molar-refractivity contribution in [1.82, 2.24) is 5.43 Å². The number of hydrogen-bond donors (Lipinski definition) is 2. The summed E-state index contributed by atoms with van der Waals surface area (Å²) >= 11 is 9.58. The zero-order valence-corrected chi connectivity index (χ0v) is 11.7. The highest BCUT2D eigenvalue weighted by atomic mass is 79.9. The molecule has 18 heavy (non-hydrogen) atoms. The number of nitrogens with zero attached hydrogens (tertiary/aromatic N) is 1. The molecule has 3 N–H and O–H groups in total. The molecule has 2 aromatic rings. The molecule has 0 bridgehead atoms. The minimum Gasteiger partial charge on any atom is -0.308 e. The number of para-hydroxylation sites is 1. The molecular weight excluding hydrogens is 314 g/mol. The molecule has 2 aromatic carbocycles. The van der Waals surface area contributed by atoms with Gasteiger partial charge >= 0.3 is 0 Å². The molecule has 0 fully saturated rings. The Hall–Kier alpha value is -1.36. The van der Waals surface area contributed by atoms with E-state index in [9.17, 15) is 0 Å². The Morgan fingerprint density at radius 3 is 2.50 bits per heavy atom. The maximum atomic E-state index is 6.21. The average Bonchev–Trinajstić information content (AvgIpc) is 2.41. The number of hydrogen-bond acceptors (Lipinski definition) is 2. The first-order valence-corrected chi connectivity index (χ1v) is 6.44. The summed E-state index contributed by atoms with van der Waals surface area (Å²) in [5, 5.41) is 0.574. The van der Waals surface area contributed by atoms with Crippen LogP contribution >= 0.6 is 27.5 Å². The van der Waals surface area contributed by atoms with Crippen molar-refractivity contribution in [3.8, 4) is 0 Å². The Morgan fingerprint density at radius 1 is 1.11 bits per heavy atom. The van der Waals surface area contributed by atoms with Gasteiger partial charge in [-0.1, -0.05) is 35.9 Å². The Balaban J connectivity index is 2.46. The molecule has 0 aliphatic heterocycles. The van der Waals surface area contributed by atoms with E-state index >= 15 is 0 Å². The summed E-state index contributed by atoms with van der Waals surface area (Å²) in [7, 11) is 0. The quantitative estimate of drug-likeness (QED) is 0.383. The minimum atomic E-state index is 0.521. The fraction of sp³-hybridized carbons (Fsp3) is 0. The summed E-state index contributed by atoms with van der Waals surface area (Å²) in [4.78, 5) is 4.42. The van der Waals surface area contributed by atoms with Gasteiger partial charge in [0, 0.05) is 10.0 Å². The SMILES string of the molecule is NNC(=Nc1ccccc1)c1cccc(Br)c1Cl. The molecule has 0 unspecified atom stereocenters. The fourth-order valence-corrected chi connectivity index (χ4v) is 2.07. The van der Waals surface area contributed by atoms with Crippen LogP contribution in [0.1, 0.15) is 5.56 Å². The first kappa shape index (κ1) is 13.1. The van der Waals surface area contributed by atoms with Gasteiger partial charge in [-0.3, -0.25) is 0 Å². The second kappa shape index (κ2) is 6.00. The summed E-state index contributed by atoms with van der Waals surface area (Å²) in [6.07, 6.45) is 0. The number of halogens is 2. The second-order valence-electron chi connectivity index (χ2n) is 3.54. The van der Waals surface area contributed by atoms with Gasteiger partial charge in [0.05, 0.1) is 10.7 Å². The van der Waals surface area contributed by atoms with Crippen LogP contribution in [0.3, 0.4) is 0 Å². The lowest BCUT2D eigenvalue weighted by molar-refractivity contribution is 1.02. The lowest BCUT2D eigenvalue weighted by Gasteiger charge is -2.09. The van der Waals surface area contributed by atoms with Crippen molar-refractivity contribution < 1.29 is 0 Å². The van der Waals surface area contributed by atoms with Gasteiger partial charge in [0.15, 0.2) is 0 Å². The van der Waals surface area contributed by atoms with Crippen LogP contribution < -0.4 is 11.3 Å². The first-order chi connectivity index (χ1) is 8.72. The molecule has 2 rings (SSSR count). The molecule has 0 aromatic heterocycles. The fourth-order valence-electron chi connectivity index (χ4n) is 1.49. The number of nitrogens with one attached hydrogen (secondary N) is 1. The van der Waals surface area contributed by atoms with Crippen LogP contribution in [0.2, 0.25) is 5.02 Å². The van der Waals surface area contributed by atoms with Crippen molar-refractivity contribution in [1.29, 1.82) is 0 Å². The van der Waals surface area contributed by atoms with E-state index < -0.39 is 0 Å². The van der Waals surface area contributed by atoms with Gasteiger partial charge in [-0.2, -0.15) is 0 Å². The monoisotopic (exact) mass is 323 g/mol. The summed E-state index contributed by atoms with van der Waals surface area (Å²) in [5.41, 5.74) is 4.13. The number of benzene rings is 2. The van der Waals surface area contributed by atoms with Crippen molar-refractivity contribution >= 4 is 39.1 Å². The molecule has 0 atom stereocenters. The highest BCUT2D eigenvalue weighted by molar-refractivity contribution is 9.10. The van der Waals surface area contributed by atoms with Gasteiger partial charge < -0.3 is 5.43 Å². The van der Waals surface area contributed by atoms with Gasteiger partial charge in [0.2, 0.25) is 0 Å². The topological polar surface area (TPSA) is 50.4 Å². The smallest absolute Gasteiger partial charge is 0.149 e. The predicted molar refractivity (Wildman–Crippen MR) is 79.1 cm³/mol. The van der Waals surface area contributed by atoms with Crippen LogP contribution in [0.15, 0.2) is 58.0 Å².